The Balaban J connectivity index is 2.39. The van der Waals surface area contributed by atoms with Crippen molar-refractivity contribution in [2.24, 2.45) is 0 Å². The molecule has 5 heteroatoms. The van der Waals surface area contributed by atoms with Gasteiger partial charge in [-0.2, -0.15) is 0 Å². The minimum atomic E-state index is -1.02. The lowest BCUT2D eigenvalue weighted by Gasteiger charge is -2.13. The van der Waals surface area contributed by atoms with Gasteiger partial charge in [-0.3, -0.25) is 0 Å². The molecule has 1 heterocycles. The molecule has 0 amide bonds. The van der Waals surface area contributed by atoms with E-state index in [1.54, 1.807) is 30.5 Å². The summed E-state index contributed by atoms with van der Waals surface area (Å²) < 4.78 is 5.84. The van der Waals surface area contributed by atoms with Gasteiger partial charge in [-0.15, -0.1) is 0 Å². The highest BCUT2D eigenvalue weighted by molar-refractivity contribution is 6.30. The van der Waals surface area contributed by atoms with Crippen molar-refractivity contribution in [2.75, 3.05) is 0 Å². The quantitative estimate of drug-likeness (QED) is 0.858. The van der Waals surface area contributed by atoms with Gasteiger partial charge in [0.2, 0.25) is 5.88 Å². The SMILES string of the molecule is Cc1cc(Cl)cc(C)c1Oc1ncccc1/C=C/C(=O)O. The molecule has 0 aliphatic rings. The highest BCUT2D eigenvalue weighted by Gasteiger charge is 2.10. The maximum Gasteiger partial charge on any atom is 0.328 e. The number of nitrogens with zero attached hydrogens (tertiary/aromatic N) is 1. The Morgan fingerprint density at radius 3 is 2.62 bits per heavy atom. The lowest BCUT2D eigenvalue weighted by molar-refractivity contribution is -0.131. The van der Waals surface area contributed by atoms with Crippen LogP contribution < -0.4 is 4.74 Å². The largest absolute Gasteiger partial charge is 0.478 e. The maximum atomic E-state index is 10.6. The Morgan fingerprint density at radius 1 is 1.33 bits per heavy atom. The van der Waals surface area contributed by atoms with E-state index in [-0.39, 0.29) is 0 Å². The van der Waals surface area contributed by atoms with Gasteiger partial charge < -0.3 is 9.84 Å². The van der Waals surface area contributed by atoms with Gasteiger partial charge in [0, 0.05) is 22.9 Å². The van der Waals surface area contributed by atoms with Crippen LogP contribution in [0, 0.1) is 13.8 Å². The standard InChI is InChI=1S/C16H14ClNO3/c1-10-8-13(17)9-11(2)15(10)21-16-12(4-3-7-18-16)5-6-14(19)20/h3-9H,1-2H3,(H,19,20)/b6-5+. The Morgan fingerprint density at radius 2 is 2.00 bits per heavy atom. The minimum Gasteiger partial charge on any atom is -0.478 e. The highest BCUT2D eigenvalue weighted by Crippen LogP contribution is 2.32. The van der Waals surface area contributed by atoms with E-state index >= 15 is 0 Å². The van der Waals surface area contributed by atoms with Crippen molar-refractivity contribution in [2.45, 2.75) is 13.8 Å². The van der Waals surface area contributed by atoms with E-state index in [9.17, 15) is 4.79 Å². The lowest BCUT2D eigenvalue weighted by atomic mass is 10.1. The molecule has 2 aromatic rings. The van der Waals surface area contributed by atoms with Gasteiger partial charge >= 0.3 is 5.97 Å². The summed E-state index contributed by atoms with van der Waals surface area (Å²) in [5.41, 5.74) is 2.37. The van der Waals surface area contributed by atoms with Gasteiger partial charge in [0.15, 0.2) is 0 Å². The first kappa shape index (κ1) is 15.1. The van der Waals surface area contributed by atoms with E-state index in [1.807, 2.05) is 13.8 Å². The van der Waals surface area contributed by atoms with E-state index in [0.29, 0.717) is 22.2 Å². The summed E-state index contributed by atoms with van der Waals surface area (Å²) in [5.74, 6) is -0.00439. The van der Waals surface area contributed by atoms with E-state index < -0.39 is 5.97 Å². The van der Waals surface area contributed by atoms with Crippen LogP contribution in [0.3, 0.4) is 0 Å². The molecule has 0 aliphatic heterocycles. The molecule has 108 valence electrons. The van der Waals surface area contributed by atoms with Crippen LogP contribution >= 0.6 is 11.6 Å². The average Bonchev–Trinajstić information content (AvgIpc) is 2.41. The van der Waals surface area contributed by atoms with E-state index in [4.69, 9.17) is 21.4 Å². The second-order valence-electron chi connectivity index (χ2n) is 4.54. The normalized spacial score (nSPS) is 10.8. The zero-order chi connectivity index (χ0) is 15.4. The zero-order valence-electron chi connectivity index (χ0n) is 11.6. The minimum absolute atomic E-state index is 0.350. The third kappa shape index (κ3) is 3.83. The number of hydrogen-bond acceptors (Lipinski definition) is 3. The van der Waals surface area contributed by atoms with Crippen molar-refractivity contribution in [1.29, 1.82) is 0 Å². The fourth-order valence-electron chi connectivity index (χ4n) is 1.93. The molecule has 0 aliphatic carbocycles. The molecule has 4 nitrogen and oxygen atoms in total. The highest BCUT2D eigenvalue weighted by atomic mass is 35.5. The van der Waals surface area contributed by atoms with Crippen LogP contribution in [0.2, 0.25) is 5.02 Å². The predicted octanol–water partition coefficient (Wildman–Crippen LogP) is 4.24. The molecule has 1 aromatic carbocycles. The molecule has 0 radical (unpaired) electrons. The lowest BCUT2D eigenvalue weighted by Crippen LogP contribution is -1.96. The van der Waals surface area contributed by atoms with Crippen molar-refractivity contribution in [3.05, 3.63) is 58.3 Å². The third-order valence-corrected chi connectivity index (χ3v) is 3.05. The van der Waals surface area contributed by atoms with Crippen LogP contribution in [0.15, 0.2) is 36.5 Å². The fourth-order valence-corrected chi connectivity index (χ4v) is 2.26. The van der Waals surface area contributed by atoms with Crippen molar-refractivity contribution < 1.29 is 14.6 Å². The first-order valence-corrected chi connectivity index (χ1v) is 6.66. The smallest absolute Gasteiger partial charge is 0.328 e. The van der Waals surface area contributed by atoms with Crippen LogP contribution in [-0.2, 0) is 4.79 Å². The summed E-state index contributed by atoms with van der Waals surface area (Å²) in [6.45, 7) is 3.79. The molecule has 0 atom stereocenters. The number of carboxylic acids is 1. The molecule has 1 N–H and O–H groups in total. The van der Waals surface area contributed by atoms with Crippen molar-refractivity contribution in [1.82, 2.24) is 4.98 Å². The molecular formula is C16H14ClNO3. The van der Waals surface area contributed by atoms with E-state index in [0.717, 1.165) is 17.2 Å². The van der Waals surface area contributed by atoms with E-state index in [1.165, 1.54) is 6.08 Å². The second-order valence-corrected chi connectivity index (χ2v) is 4.98. The molecule has 2 rings (SSSR count). The topological polar surface area (TPSA) is 59.4 Å². The summed E-state index contributed by atoms with van der Waals surface area (Å²) in [5, 5.41) is 9.35. The molecule has 0 saturated heterocycles. The molecular weight excluding hydrogens is 290 g/mol. The number of carboxylic acid groups (broad SMARTS) is 1. The molecule has 0 unspecified atom stereocenters. The van der Waals surface area contributed by atoms with E-state index in [2.05, 4.69) is 4.98 Å². The molecule has 0 fully saturated rings. The Labute approximate surface area is 127 Å². The summed E-state index contributed by atoms with van der Waals surface area (Å²) in [6, 6.07) is 7.07. The van der Waals surface area contributed by atoms with Gasteiger partial charge in [0.1, 0.15) is 5.75 Å². The second kappa shape index (κ2) is 6.41. The summed E-state index contributed by atoms with van der Waals surface area (Å²) in [6.07, 6.45) is 4.09. The number of hydrogen-bond donors (Lipinski definition) is 1. The van der Waals surface area contributed by atoms with Gasteiger partial charge in [-0.1, -0.05) is 11.6 Å². The molecule has 0 spiro atoms. The predicted molar refractivity (Wildman–Crippen MR) is 81.9 cm³/mol. The number of carbonyl (C=O) groups is 1. The number of rotatable bonds is 4. The number of aryl methyl sites for hydroxylation is 2. The first-order chi connectivity index (χ1) is 9.97. The van der Waals surface area contributed by atoms with Crippen LogP contribution in [0.1, 0.15) is 16.7 Å². The van der Waals surface area contributed by atoms with Gasteiger partial charge in [0.25, 0.3) is 0 Å². The van der Waals surface area contributed by atoms with Crippen LogP contribution in [0.25, 0.3) is 6.08 Å². The average molecular weight is 304 g/mol. The summed E-state index contributed by atoms with van der Waals surface area (Å²) >= 11 is 5.99. The first-order valence-electron chi connectivity index (χ1n) is 6.28. The van der Waals surface area contributed by atoms with Crippen molar-refractivity contribution in [3.8, 4) is 11.6 Å². The van der Waals surface area contributed by atoms with Gasteiger partial charge in [0.05, 0.1) is 0 Å². The maximum absolute atomic E-state index is 10.6. The summed E-state index contributed by atoms with van der Waals surface area (Å²) in [7, 11) is 0. The van der Waals surface area contributed by atoms with Crippen molar-refractivity contribution >= 4 is 23.6 Å². The Bertz CT molecular complexity index is 687. The molecule has 21 heavy (non-hydrogen) atoms. The van der Waals surface area contributed by atoms with Gasteiger partial charge in [-0.25, -0.2) is 9.78 Å². The number of ether oxygens (including phenoxy) is 1. The third-order valence-electron chi connectivity index (χ3n) is 2.83. The number of pyridine rings is 1. The number of halogens is 1. The van der Waals surface area contributed by atoms with Crippen LogP contribution in [0.5, 0.6) is 11.6 Å². The number of aliphatic carboxylic acids is 1. The van der Waals surface area contributed by atoms with Crippen LogP contribution in [-0.4, -0.2) is 16.1 Å². The fraction of sp³-hybridized carbons (Fsp3) is 0.125. The van der Waals surface area contributed by atoms with Crippen LogP contribution in [0.4, 0.5) is 0 Å². The Kier molecular flexibility index (Phi) is 4.60. The molecule has 1 aromatic heterocycles. The molecule has 0 bridgehead atoms. The monoisotopic (exact) mass is 303 g/mol. The number of aromatic nitrogens is 1. The van der Waals surface area contributed by atoms with Gasteiger partial charge in [-0.05, 0) is 55.3 Å². The molecule has 0 saturated carbocycles. The zero-order valence-corrected chi connectivity index (χ0v) is 12.4. The summed E-state index contributed by atoms with van der Waals surface area (Å²) in [4.78, 5) is 14.8. The Hall–Kier alpha value is -2.33. The van der Waals surface area contributed by atoms with Crippen molar-refractivity contribution in [3.63, 3.8) is 0 Å². The number of benzene rings is 1.